The zero-order valence-electron chi connectivity index (χ0n) is 21.1. The van der Waals surface area contributed by atoms with Gasteiger partial charge >= 0.3 is 23.9 Å². The van der Waals surface area contributed by atoms with E-state index in [9.17, 15) is 19.2 Å². The Bertz CT molecular complexity index is 585. The van der Waals surface area contributed by atoms with E-state index in [-0.39, 0.29) is 52.5 Å². The maximum absolute atomic E-state index is 12.2. The van der Waals surface area contributed by atoms with Gasteiger partial charge in [0.25, 0.3) is 0 Å². The molecule has 4 N–H and O–H groups in total. The second-order valence-electron chi connectivity index (χ2n) is 8.15. The number of hydrogen-bond donors (Lipinski definition) is 4. The van der Waals surface area contributed by atoms with Crippen molar-refractivity contribution in [3.05, 3.63) is 0 Å². The molecule has 0 unspecified atom stereocenters. The van der Waals surface area contributed by atoms with E-state index < -0.39 is 56.1 Å². The largest absolute Gasteiger partial charge is 0.465 e. The summed E-state index contributed by atoms with van der Waals surface area (Å²) in [4.78, 5) is 46.0. The molecule has 0 aliphatic carbocycles. The van der Waals surface area contributed by atoms with Gasteiger partial charge in [-0.15, -0.1) is 0 Å². The predicted molar refractivity (Wildman–Crippen MR) is 123 cm³/mol. The van der Waals surface area contributed by atoms with Crippen LogP contribution in [-0.4, -0.2) is 111 Å². The number of carbonyl (C=O) groups is 4. The molecule has 0 rings (SSSR count). The first kappa shape index (κ1) is 34.6. The van der Waals surface area contributed by atoms with Crippen LogP contribution < -0.4 is 0 Å². The van der Waals surface area contributed by atoms with Crippen LogP contribution in [0.3, 0.4) is 0 Å². The van der Waals surface area contributed by atoms with E-state index in [4.69, 9.17) is 48.8 Å². The van der Waals surface area contributed by atoms with Crippen LogP contribution in [-0.2, 0) is 47.6 Å². The SMILES string of the molecule is O=C(CO)OCCCCCC(=O)OCC(COCO)(COCO)COC(=O)CCCCCOC(=O)CO. The van der Waals surface area contributed by atoms with Crippen molar-refractivity contribution in [3.63, 3.8) is 0 Å². The molecule has 14 heteroatoms. The van der Waals surface area contributed by atoms with Crippen molar-refractivity contribution in [2.24, 2.45) is 5.41 Å². The van der Waals surface area contributed by atoms with Gasteiger partial charge in [-0.25, -0.2) is 9.59 Å². The Morgan fingerprint density at radius 1 is 0.486 bits per heavy atom. The number of hydrogen-bond acceptors (Lipinski definition) is 14. The average molecular weight is 541 g/mol. The Morgan fingerprint density at radius 2 is 0.892 bits per heavy atom. The van der Waals surface area contributed by atoms with Crippen molar-refractivity contribution in [1.82, 2.24) is 0 Å². The van der Waals surface area contributed by atoms with Crippen LogP contribution >= 0.6 is 0 Å². The first-order valence-corrected chi connectivity index (χ1v) is 12.0. The summed E-state index contributed by atoms with van der Waals surface area (Å²) in [5.41, 5.74) is -1.17. The minimum Gasteiger partial charge on any atom is -0.465 e. The topological polar surface area (TPSA) is 205 Å². The van der Waals surface area contributed by atoms with Crippen molar-refractivity contribution in [1.29, 1.82) is 0 Å². The lowest BCUT2D eigenvalue weighted by Crippen LogP contribution is -2.43. The van der Waals surface area contributed by atoms with Crippen LogP contribution in [0, 0.1) is 5.41 Å². The molecule has 0 fully saturated rings. The molecule has 0 aromatic carbocycles. The molecule has 0 saturated carbocycles. The Labute approximate surface area is 215 Å². The van der Waals surface area contributed by atoms with E-state index in [1.54, 1.807) is 0 Å². The second kappa shape index (κ2) is 22.8. The summed E-state index contributed by atoms with van der Waals surface area (Å²) in [6.45, 7) is -3.26. The van der Waals surface area contributed by atoms with Crippen LogP contribution in [0.4, 0.5) is 0 Å². The lowest BCUT2D eigenvalue weighted by atomic mass is 9.92. The monoisotopic (exact) mass is 540 g/mol. The minimum absolute atomic E-state index is 0.0825. The number of ether oxygens (including phenoxy) is 6. The zero-order chi connectivity index (χ0) is 27.8. The summed E-state index contributed by atoms with van der Waals surface area (Å²) < 4.78 is 30.2. The molecule has 216 valence electrons. The normalized spacial score (nSPS) is 11.1. The predicted octanol–water partition coefficient (Wildman–Crippen LogP) is -0.816. The molecule has 0 spiro atoms. The van der Waals surface area contributed by atoms with Crippen molar-refractivity contribution in [3.8, 4) is 0 Å². The maximum atomic E-state index is 12.2. The third-order valence-electron chi connectivity index (χ3n) is 4.91. The first-order chi connectivity index (χ1) is 17.8. The number of esters is 4. The second-order valence-corrected chi connectivity index (χ2v) is 8.15. The van der Waals surface area contributed by atoms with Crippen LogP contribution in [0.15, 0.2) is 0 Å². The first-order valence-electron chi connectivity index (χ1n) is 12.0. The summed E-state index contributed by atoms with van der Waals surface area (Å²) in [5.74, 6) is -2.49. The molecule has 37 heavy (non-hydrogen) atoms. The number of unbranched alkanes of at least 4 members (excludes halogenated alkanes) is 4. The van der Waals surface area contributed by atoms with E-state index in [0.717, 1.165) is 0 Å². The summed E-state index contributed by atoms with van der Waals surface area (Å²) in [6, 6.07) is 0. The third-order valence-corrected chi connectivity index (χ3v) is 4.91. The Kier molecular flexibility index (Phi) is 21.4. The molecule has 0 radical (unpaired) electrons. The van der Waals surface area contributed by atoms with Crippen molar-refractivity contribution < 1.29 is 68.0 Å². The highest BCUT2D eigenvalue weighted by Gasteiger charge is 2.35. The number of aliphatic hydroxyl groups is 4. The standard InChI is InChI=1S/C23H40O14/c24-11-21(30)34-9-5-1-3-7-19(28)36-15-23(13-32-17-26,14-33-18-27)16-37-20(29)8-4-2-6-10-35-22(31)12-25/h24-27H,1-18H2. The summed E-state index contributed by atoms with van der Waals surface area (Å²) >= 11 is 0. The fourth-order valence-electron chi connectivity index (χ4n) is 2.95. The molecule has 0 saturated heterocycles. The molecule has 0 aromatic rings. The number of carbonyl (C=O) groups excluding carboxylic acids is 4. The fraction of sp³-hybridized carbons (Fsp3) is 0.826. The molecule has 0 heterocycles. The smallest absolute Gasteiger partial charge is 0.331 e. The maximum Gasteiger partial charge on any atom is 0.331 e. The molecule has 0 aromatic heterocycles. The number of aliphatic hydroxyl groups excluding tert-OH is 4. The van der Waals surface area contributed by atoms with Crippen molar-refractivity contribution in [2.75, 3.05) is 66.4 Å². The van der Waals surface area contributed by atoms with Gasteiger partial charge in [-0.1, -0.05) is 0 Å². The van der Waals surface area contributed by atoms with Crippen LogP contribution in [0.1, 0.15) is 51.4 Å². The zero-order valence-corrected chi connectivity index (χ0v) is 21.1. The van der Waals surface area contributed by atoms with Gasteiger partial charge in [-0.3, -0.25) is 9.59 Å². The lowest BCUT2D eigenvalue weighted by Gasteiger charge is -2.31. The number of rotatable bonds is 24. The van der Waals surface area contributed by atoms with Gasteiger partial charge in [0.15, 0.2) is 0 Å². The van der Waals surface area contributed by atoms with Crippen LogP contribution in [0.25, 0.3) is 0 Å². The van der Waals surface area contributed by atoms with Crippen molar-refractivity contribution >= 4 is 23.9 Å². The van der Waals surface area contributed by atoms with E-state index in [1.165, 1.54) is 0 Å². The van der Waals surface area contributed by atoms with Crippen LogP contribution in [0.5, 0.6) is 0 Å². The van der Waals surface area contributed by atoms with E-state index in [0.29, 0.717) is 38.5 Å². The van der Waals surface area contributed by atoms with Gasteiger partial charge in [0.1, 0.15) is 40.0 Å². The van der Waals surface area contributed by atoms with E-state index in [2.05, 4.69) is 0 Å². The lowest BCUT2D eigenvalue weighted by molar-refractivity contribution is -0.170. The molecular formula is C23H40O14. The molecular weight excluding hydrogens is 500 g/mol. The van der Waals surface area contributed by atoms with E-state index in [1.807, 2.05) is 0 Å². The fourth-order valence-corrected chi connectivity index (χ4v) is 2.95. The highest BCUT2D eigenvalue weighted by atomic mass is 16.6. The minimum atomic E-state index is -1.17. The Hall–Kier alpha value is -2.36. The summed E-state index contributed by atoms with van der Waals surface area (Å²) in [6.07, 6.45) is 3.30. The van der Waals surface area contributed by atoms with Crippen molar-refractivity contribution in [2.45, 2.75) is 51.4 Å². The van der Waals surface area contributed by atoms with E-state index >= 15 is 0 Å². The summed E-state index contributed by atoms with van der Waals surface area (Å²) in [5, 5.41) is 35.3. The molecule has 0 atom stereocenters. The van der Waals surface area contributed by atoms with Gasteiger partial charge < -0.3 is 48.8 Å². The Balaban J connectivity index is 4.57. The molecule has 0 amide bonds. The van der Waals surface area contributed by atoms with Gasteiger partial charge in [-0.05, 0) is 38.5 Å². The van der Waals surface area contributed by atoms with Gasteiger partial charge in [0.05, 0.1) is 31.8 Å². The summed E-state index contributed by atoms with van der Waals surface area (Å²) in [7, 11) is 0. The molecule has 0 bridgehead atoms. The Morgan fingerprint density at radius 3 is 1.24 bits per heavy atom. The molecule has 0 aliphatic heterocycles. The highest BCUT2D eigenvalue weighted by Crippen LogP contribution is 2.22. The average Bonchev–Trinajstić information content (AvgIpc) is 2.91. The molecule has 0 aliphatic rings. The van der Waals surface area contributed by atoms with Crippen LogP contribution in [0.2, 0.25) is 0 Å². The van der Waals surface area contributed by atoms with Gasteiger partial charge in [0.2, 0.25) is 0 Å². The quantitative estimate of drug-likeness (QED) is 0.0511. The molecule has 14 nitrogen and oxygen atoms in total. The van der Waals surface area contributed by atoms with Gasteiger partial charge in [0, 0.05) is 12.8 Å². The third kappa shape index (κ3) is 19.4. The van der Waals surface area contributed by atoms with Gasteiger partial charge in [-0.2, -0.15) is 0 Å². The highest BCUT2D eigenvalue weighted by molar-refractivity contribution is 5.71.